The third kappa shape index (κ3) is 4.71. The molecule has 0 bridgehead atoms. The summed E-state index contributed by atoms with van der Waals surface area (Å²) in [6.45, 7) is 7.00. The van der Waals surface area contributed by atoms with Crippen LogP contribution in [0.4, 0.5) is 0 Å². The van der Waals surface area contributed by atoms with Crippen LogP contribution in [-0.2, 0) is 11.2 Å². The Balaban J connectivity index is 1.34. The Morgan fingerprint density at radius 2 is 1.94 bits per heavy atom. The zero-order valence-electron chi connectivity index (χ0n) is 20.4. The van der Waals surface area contributed by atoms with Crippen molar-refractivity contribution in [3.8, 4) is 17.5 Å². The van der Waals surface area contributed by atoms with Crippen LogP contribution in [0.2, 0.25) is 0 Å². The van der Waals surface area contributed by atoms with Crippen molar-refractivity contribution in [3.05, 3.63) is 70.0 Å². The largest absolute Gasteiger partial charge is 0.381 e. The molecular weight excluding hydrogens is 438 g/mol. The van der Waals surface area contributed by atoms with Gasteiger partial charge in [0.1, 0.15) is 5.82 Å². The number of carbonyl (C=O) groups excluding carboxylic acids is 1. The van der Waals surface area contributed by atoms with E-state index in [9.17, 15) is 4.79 Å². The van der Waals surface area contributed by atoms with Crippen LogP contribution in [0.1, 0.15) is 76.5 Å². The molecule has 1 unspecified atom stereocenters. The van der Waals surface area contributed by atoms with Crippen molar-refractivity contribution in [2.75, 3.05) is 26.3 Å². The summed E-state index contributed by atoms with van der Waals surface area (Å²) >= 11 is 0. The molecule has 0 radical (unpaired) electrons. The molecule has 2 saturated heterocycles. The number of amides is 1. The van der Waals surface area contributed by atoms with Gasteiger partial charge < -0.3 is 9.64 Å². The number of hydrogen-bond donors (Lipinski definition) is 1. The molecule has 2 aromatic carbocycles. The molecule has 1 atom stereocenters. The fourth-order valence-corrected chi connectivity index (χ4v) is 5.24. The number of aryl methyl sites for hydroxylation is 2. The number of H-pyrrole nitrogens is 1. The smallest absolute Gasteiger partial charge is 0.254 e. The van der Waals surface area contributed by atoms with Crippen LogP contribution < -0.4 is 0 Å². The van der Waals surface area contributed by atoms with E-state index >= 15 is 0 Å². The van der Waals surface area contributed by atoms with Gasteiger partial charge in [0.05, 0.1) is 18.2 Å². The number of carbonyl (C=O) groups is 1. The van der Waals surface area contributed by atoms with Gasteiger partial charge in [-0.2, -0.15) is 10.4 Å². The number of piperidine rings is 1. The average molecular weight is 470 g/mol. The van der Waals surface area contributed by atoms with Gasteiger partial charge in [-0.25, -0.2) is 4.98 Å². The number of nitrogens with one attached hydrogen (secondary N) is 1. The van der Waals surface area contributed by atoms with E-state index in [1.807, 2.05) is 42.2 Å². The monoisotopic (exact) mass is 469 g/mol. The van der Waals surface area contributed by atoms with Crippen LogP contribution in [0.5, 0.6) is 0 Å². The van der Waals surface area contributed by atoms with Gasteiger partial charge in [0.2, 0.25) is 0 Å². The SMILES string of the molecule is CCc1cc(C)c(C(=O)N2CCC(c3ccc(C#N)cc3)CC2)cc1-c1n[nH]c(C2CCOC2)n1. The summed E-state index contributed by atoms with van der Waals surface area (Å²) in [4.78, 5) is 20.3. The molecule has 5 rings (SSSR count). The van der Waals surface area contributed by atoms with Gasteiger partial charge in [-0.05, 0) is 73.4 Å². The summed E-state index contributed by atoms with van der Waals surface area (Å²) in [6, 6.07) is 14.1. The predicted octanol–water partition coefficient (Wildman–Crippen LogP) is 4.74. The average Bonchev–Trinajstić information content (AvgIpc) is 3.61. The van der Waals surface area contributed by atoms with Gasteiger partial charge in [-0.15, -0.1) is 0 Å². The van der Waals surface area contributed by atoms with E-state index in [0.717, 1.165) is 73.5 Å². The minimum atomic E-state index is 0.0737. The molecule has 0 aliphatic carbocycles. The van der Waals surface area contributed by atoms with E-state index in [0.29, 0.717) is 23.9 Å². The standard InChI is InChI=1S/C28H31N5O2/c1-3-20-14-18(2)24(15-25(20)27-30-26(31-32-27)23-10-13-35-17-23)28(34)33-11-8-22(9-12-33)21-6-4-19(16-29)5-7-21/h4-7,14-15,22-23H,3,8-13,17H2,1-2H3,(H,30,31,32). The highest BCUT2D eigenvalue weighted by Crippen LogP contribution is 2.32. The molecule has 180 valence electrons. The first-order valence-corrected chi connectivity index (χ1v) is 12.5. The highest BCUT2D eigenvalue weighted by molar-refractivity contribution is 5.97. The lowest BCUT2D eigenvalue weighted by Crippen LogP contribution is -2.38. The molecule has 2 fully saturated rings. The summed E-state index contributed by atoms with van der Waals surface area (Å²) in [5.41, 5.74) is 5.71. The van der Waals surface area contributed by atoms with Crippen molar-refractivity contribution in [1.29, 1.82) is 5.26 Å². The van der Waals surface area contributed by atoms with Crippen LogP contribution in [-0.4, -0.2) is 52.3 Å². The Bertz CT molecular complexity index is 1240. The van der Waals surface area contributed by atoms with Crippen molar-refractivity contribution in [3.63, 3.8) is 0 Å². The highest BCUT2D eigenvalue weighted by Gasteiger charge is 2.27. The normalized spacial score (nSPS) is 18.5. The molecule has 2 aliphatic rings. The fourth-order valence-electron chi connectivity index (χ4n) is 5.24. The second kappa shape index (κ2) is 10.0. The van der Waals surface area contributed by atoms with Crippen LogP contribution in [0, 0.1) is 18.3 Å². The number of benzene rings is 2. The summed E-state index contributed by atoms with van der Waals surface area (Å²) in [6.07, 6.45) is 3.64. The van der Waals surface area contributed by atoms with Crippen molar-refractivity contribution in [2.45, 2.75) is 51.4 Å². The second-order valence-electron chi connectivity index (χ2n) is 9.58. The topological polar surface area (TPSA) is 94.9 Å². The predicted molar refractivity (Wildman–Crippen MR) is 133 cm³/mol. The van der Waals surface area contributed by atoms with Crippen molar-refractivity contribution < 1.29 is 9.53 Å². The Kier molecular flexibility index (Phi) is 6.65. The van der Waals surface area contributed by atoms with E-state index in [1.54, 1.807) is 0 Å². The lowest BCUT2D eigenvalue weighted by molar-refractivity contribution is 0.0712. The molecule has 0 saturated carbocycles. The lowest BCUT2D eigenvalue weighted by Gasteiger charge is -2.33. The first-order chi connectivity index (χ1) is 17.1. The number of aromatic amines is 1. The second-order valence-corrected chi connectivity index (χ2v) is 9.58. The third-order valence-electron chi connectivity index (χ3n) is 7.41. The Morgan fingerprint density at radius 3 is 2.60 bits per heavy atom. The molecule has 3 aromatic rings. The molecular formula is C28H31N5O2. The summed E-state index contributed by atoms with van der Waals surface area (Å²) in [7, 11) is 0. The van der Waals surface area contributed by atoms with Crippen molar-refractivity contribution >= 4 is 5.91 Å². The lowest BCUT2D eigenvalue weighted by atomic mass is 9.88. The molecule has 7 nitrogen and oxygen atoms in total. The van der Waals surface area contributed by atoms with Gasteiger partial charge in [0.25, 0.3) is 5.91 Å². The van der Waals surface area contributed by atoms with Gasteiger partial charge >= 0.3 is 0 Å². The van der Waals surface area contributed by atoms with Crippen molar-refractivity contribution in [1.82, 2.24) is 20.1 Å². The molecule has 1 aromatic heterocycles. The van der Waals surface area contributed by atoms with Gasteiger partial charge in [-0.1, -0.05) is 25.1 Å². The molecule has 35 heavy (non-hydrogen) atoms. The van der Waals surface area contributed by atoms with E-state index in [2.05, 4.69) is 29.3 Å². The van der Waals surface area contributed by atoms with Gasteiger partial charge in [-0.3, -0.25) is 9.89 Å². The van der Waals surface area contributed by atoms with Crippen LogP contribution in [0.15, 0.2) is 36.4 Å². The third-order valence-corrected chi connectivity index (χ3v) is 7.41. The number of aromatic nitrogens is 3. The fraction of sp³-hybridized carbons (Fsp3) is 0.429. The molecule has 3 heterocycles. The Labute approximate surface area is 206 Å². The zero-order chi connectivity index (χ0) is 24.4. The van der Waals surface area contributed by atoms with Gasteiger partial charge in [0, 0.05) is 36.7 Å². The van der Waals surface area contributed by atoms with Crippen LogP contribution in [0.25, 0.3) is 11.4 Å². The first-order valence-electron chi connectivity index (χ1n) is 12.5. The minimum Gasteiger partial charge on any atom is -0.381 e. The number of ether oxygens (including phenoxy) is 1. The highest BCUT2D eigenvalue weighted by atomic mass is 16.5. The van der Waals surface area contributed by atoms with E-state index in [1.165, 1.54) is 5.56 Å². The summed E-state index contributed by atoms with van der Waals surface area (Å²) in [5.74, 6) is 2.25. The minimum absolute atomic E-state index is 0.0737. The zero-order valence-corrected chi connectivity index (χ0v) is 20.4. The Hall–Kier alpha value is -3.50. The van der Waals surface area contributed by atoms with Crippen LogP contribution >= 0.6 is 0 Å². The summed E-state index contributed by atoms with van der Waals surface area (Å²) < 4.78 is 5.50. The van der Waals surface area contributed by atoms with E-state index in [4.69, 9.17) is 15.0 Å². The number of hydrogen-bond acceptors (Lipinski definition) is 5. The van der Waals surface area contributed by atoms with Gasteiger partial charge in [0.15, 0.2) is 5.82 Å². The van der Waals surface area contributed by atoms with E-state index < -0.39 is 0 Å². The maximum atomic E-state index is 13.6. The van der Waals surface area contributed by atoms with E-state index in [-0.39, 0.29) is 11.8 Å². The van der Waals surface area contributed by atoms with Crippen LogP contribution in [0.3, 0.4) is 0 Å². The maximum absolute atomic E-state index is 13.6. The molecule has 7 heteroatoms. The molecule has 1 N–H and O–H groups in total. The number of nitrogens with zero attached hydrogens (tertiary/aromatic N) is 4. The molecule has 1 amide bonds. The van der Waals surface area contributed by atoms with Crippen molar-refractivity contribution in [2.24, 2.45) is 0 Å². The molecule has 0 spiro atoms. The number of likely N-dealkylation sites (tertiary alicyclic amines) is 1. The maximum Gasteiger partial charge on any atom is 0.254 e. The quantitative estimate of drug-likeness (QED) is 0.582. The molecule has 2 aliphatic heterocycles. The number of nitriles is 1. The Morgan fingerprint density at radius 1 is 1.17 bits per heavy atom. The summed E-state index contributed by atoms with van der Waals surface area (Å²) in [5, 5.41) is 16.6. The first kappa shape index (κ1) is 23.3. The number of rotatable bonds is 5.